The van der Waals surface area contributed by atoms with Crippen molar-refractivity contribution in [2.24, 2.45) is 11.8 Å². The van der Waals surface area contributed by atoms with Gasteiger partial charge in [0.25, 0.3) is 5.91 Å². The van der Waals surface area contributed by atoms with Crippen LogP contribution in [-0.4, -0.2) is 42.4 Å². The van der Waals surface area contributed by atoms with Gasteiger partial charge < -0.3 is 9.84 Å². The number of amides is 1. The average molecular weight is 325 g/mol. The summed E-state index contributed by atoms with van der Waals surface area (Å²) < 4.78 is 19.0. The van der Waals surface area contributed by atoms with E-state index in [0.29, 0.717) is 0 Å². The van der Waals surface area contributed by atoms with Crippen LogP contribution in [0.15, 0.2) is 24.3 Å². The van der Waals surface area contributed by atoms with Gasteiger partial charge in [-0.25, -0.2) is 9.45 Å². The molecule has 0 aliphatic carbocycles. The second kappa shape index (κ2) is 7.52. The quantitative estimate of drug-likeness (QED) is 0.801. The lowest BCUT2D eigenvalue weighted by Crippen LogP contribution is -2.29. The molecule has 1 aliphatic heterocycles. The first-order valence-electron chi connectivity index (χ1n) is 7.43. The second-order valence-electron chi connectivity index (χ2n) is 5.28. The number of aliphatic hydroxyl groups excluding tert-OH is 1. The molecule has 3 atom stereocenters. The third-order valence-corrected chi connectivity index (χ3v) is 4.03. The molecule has 23 heavy (non-hydrogen) atoms. The fourth-order valence-electron chi connectivity index (χ4n) is 3.02. The Morgan fingerprint density at radius 3 is 2.65 bits per heavy atom. The van der Waals surface area contributed by atoms with Crippen LogP contribution < -0.4 is 0 Å². The monoisotopic (exact) mass is 325 g/mol. The first-order chi connectivity index (χ1) is 11.0. The van der Waals surface area contributed by atoms with Gasteiger partial charge in [0.2, 0.25) is 0 Å². The number of carbonyl (C=O) groups is 2. The summed E-state index contributed by atoms with van der Waals surface area (Å²) in [5, 5.41) is 10.8. The summed E-state index contributed by atoms with van der Waals surface area (Å²) in [5.74, 6) is -2.97. The minimum atomic E-state index is -0.816. The molecule has 1 saturated heterocycles. The number of halogens is 1. The molecule has 0 aromatic heterocycles. The van der Waals surface area contributed by atoms with E-state index in [1.807, 2.05) is 0 Å². The van der Waals surface area contributed by atoms with Gasteiger partial charge in [-0.05, 0) is 13.0 Å². The van der Waals surface area contributed by atoms with Gasteiger partial charge in [-0.1, -0.05) is 18.2 Å². The number of hydrogen-bond donors (Lipinski definition) is 1. The fraction of sp³-hybridized carbons (Fsp3) is 0.500. The number of carbonyl (C=O) groups excluding carboxylic acids is 2. The van der Waals surface area contributed by atoms with Crippen LogP contribution in [0.1, 0.15) is 24.9 Å². The Bertz CT molecular complexity index is 579. The molecule has 0 unspecified atom stereocenters. The predicted octanol–water partition coefficient (Wildman–Crippen LogP) is 1.45. The highest BCUT2D eigenvalue weighted by Crippen LogP contribution is 2.43. The number of nitrogens with zero attached hydrogens (tertiary/aromatic N) is 1. The van der Waals surface area contributed by atoms with Crippen molar-refractivity contribution in [1.29, 1.82) is 0 Å². The van der Waals surface area contributed by atoms with Crippen molar-refractivity contribution in [3.63, 3.8) is 0 Å². The van der Waals surface area contributed by atoms with Gasteiger partial charge >= 0.3 is 5.97 Å². The van der Waals surface area contributed by atoms with Crippen LogP contribution in [-0.2, 0) is 19.2 Å². The van der Waals surface area contributed by atoms with Gasteiger partial charge in [-0.3, -0.25) is 14.4 Å². The summed E-state index contributed by atoms with van der Waals surface area (Å²) in [6, 6.07) is 5.20. The van der Waals surface area contributed by atoms with Crippen molar-refractivity contribution >= 4 is 11.9 Å². The van der Waals surface area contributed by atoms with Crippen molar-refractivity contribution < 1.29 is 28.7 Å². The van der Waals surface area contributed by atoms with E-state index in [9.17, 15) is 19.1 Å². The Hall–Kier alpha value is -1.99. The maximum Gasteiger partial charge on any atom is 0.306 e. The van der Waals surface area contributed by atoms with Gasteiger partial charge in [0.15, 0.2) is 0 Å². The van der Waals surface area contributed by atoms with Crippen molar-refractivity contribution in [2.75, 3.05) is 20.3 Å². The Morgan fingerprint density at radius 1 is 1.39 bits per heavy atom. The summed E-state index contributed by atoms with van der Waals surface area (Å²) in [5.41, 5.74) is 0.244. The van der Waals surface area contributed by atoms with Gasteiger partial charge in [0.1, 0.15) is 5.82 Å². The minimum absolute atomic E-state index is 0.178. The second-order valence-corrected chi connectivity index (χ2v) is 5.28. The van der Waals surface area contributed by atoms with Gasteiger partial charge in [-0.15, -0.1) is 0 Å². The molecule has 7 heteroatoms. The Labute approximate surface area is 133 Å². The Balaban J connectivity index is 2.35. The highest BCUT2D eigenvalue weighted by atomic mass is 19.1. The first-order valence-corrected chi connectivity index (χ1v) is 7.43. The van der Waals surface area contributed by atoms with E-state index in [-0.39, 0.29) is 25.2 Å². The molecule has 1 fully saturated rings. The van der Waals surface area contributed by atoms with E-state index in [1.54, 1.807) is 13.0 Å². The lowest BCUT2D eigenvalue weighted by Gasteiger charge is -2.26. The third kappa shape index (κ3) is 3.35. The summed E-state index contributed by atoms with van der Waals surface area (Å²) >= 11 is 0. The van der Waals surface area contributed by atoms with Crippen molar-refractivity contribution in [3.8, 4) is 0 Å². The molecule has 1 N–H and O–H groups in total. The molecule has 0 spiro atoms. The summed E-state index contributed by atoms with van der Waals surface area (Å²) in [7, 11) is 1.30. The normalized spacial score (nSPS) is 24.1. The topological polar surface area (TPSA) is 76.1 Å². The summed E-state index contributed by atoms with van der Waals surface area (Å²) in [6.45, 7) is 1.49. The number of benzene rings is 1. The smallest absolute Gasteiger partial charge is 0.306 e. The molecule has 1 aromatic rings. The predicted molar refractivity (Wildman–Crippen MR) is 78.3 cm³/mol. The molecule has 0 bridgehead atoms. The van der Waals surface area contributed by atoms with E-state index in [2.05, 4.69) is 0 Å². The largest absolute Gasteiger partial charge is 0.466 e. The van der Waals surface area contributed by atoms with E-state index in [0.717, 1.165) is 5.06 Å². The molecule has 1 heterocycles. The van der Waals surface area contributed by atoms with Crippen molar-refractivity contribution in [3.05, 3.63) is 35.6 Å². The number of aliphatic hydroxyl groups is 1. The molecule has 1 aliphatic rings. The molecule has 0 saturated carbocycles. The van der Waals surface area contributed by atoms with Crippen molar-refractivity contribution in [2.45, 2.75) is 19.4 Å². The molecule has 0 radical (unpaired) electrons. The molecular weight excluding hydrogens is 305 g/mol. The minimum Gasteiger partial charge on any atom is -0.466 e. The number of hydrogen-bond acceptors (Lipinski definition) is 5. The van der Waals surface area contributed by atoms with E-state index in [4.69, 9.17) is 9.57 Å². The van der Waals surface area contributed by atoms with E-state index >= 15 is 0 Å². The zero-order valence-corrected chi connectivity index (χ0v) is 13.1. The Morgan fingerprint density at radius 2 is 2.09 bits per heavy atom. The summed E-state index contributed by atoms with van der Waals surface area (Å²) in [6.07, 6.45) is -0.178. The van der Waals surface area contributed by atoms with Crippen LogP contribution in [0, 0.1) is 17.7 Å². The van der Waals surface area contributed by atoms with Gasteiger partial charge in [0, 0.05) is 18.1 Å². The lowest BCUT2D eigenvalue weighted by atomic mass is 9.85. The van der Waals surface area contributed by atoms with Crippen LogP contribution in [0.2, 0.25) is 0 Å². The first kappa shape index (κ1) is 17.4. The molecular formula is C16H20FNO5. The molecule has 2 rings (SSSR count). The van der Waals surface area contributed by atoms with Crippen LogP contribution in [0.25, 0.3) is 0 Å². The highest BCUT2D eigenvalue weighted by molar-refractivity contribution is 5.86. The van der Waals surface area contributed by atoms with Crippen LogP contribution >= 0.6 is 0 Å². The number of esters is 1. The number of ether oxygens (including phenoxy) is 1. The molecule has 1 amide bonds. The number of hydroxylamine groups is 2. The lowest BCUT2D eigenvalue weighted by molar-refractivity contribution is -0.182. The number of rotatable bonds is 6. The third-order valence-electron chi connectivity index (χ3n) is 4.03. The van der Waals surface area contributed by atoms with Gasteiger partial charge in [0.05, 0.1) is 32.1 Å². The highest BCUT2D eigenvalue weighted by Gasteiger charge is 2.50. The molecule has 126 valence electrons. The zero-order valence-electron chi connectivity index (χ0n) is 13.1. The summed E-state index contributed by atoms with van der Waals surface area (Å²) in [4.78, 5) is 29.3. The van der Waals surface area contributed by atoms with Crippen LogP contribution in [0.5, 0.6) is 0 Å². The zero-order chi connectivity index (χ0) is 17.0. The SMILES string of the molecule is CCOC(=O)C[C@@H]1C(=O)N(OC)[C@H](c2ccccc2F)[C@H]1CO. The average Bonchev–Trinajstić information content (AvgIpc) is 2.79. The maximum atomic E-state index is 14.1. The Kier molecular flexibility index (Phi) is 5.68. The molecule has 1 aromatic carbocycles. The van der Waals surface area contributed by atoms with Crippen LogP contribution in [0.4, 0.5) is 4.39 Å². The standard InChI is InChI=1S/C16H20FNO5/c1-3-23-14(20)8-11-12(9-19)15(18(22-2)16(11)21)10-6-4-5-7-13(10)17/h4-7,11-12,15,19H,3,8-9H2,1-2H3/t11-,12-,15+/m0/s1. The molecule has 6 nitrogen and oxygen atoms in total. The van der Waals surface area contributed by atoms with Crippen LogP contribution in [0.3, 0.4) is 0 Å². The maximum absolute atomic E-state index is 14.1. The fourth-order valence-corrected chi connectivity index (χ4v) is 3.02. The van der Waals surface area contributed by atoms with Gasteiger partial charge in [-0.2, -0.15) is 0 Å². The van der Waals surface area contributed by atoms with E-state index in [1.165, 1.54) is 25.3 Å². The van der Waals surface area contributed by atoms with Crippen molar-refractivity contribution in [1.82, 2.24) is 5.06 Å². The van der Waals surface area contributed by atoms with E-state index < -0.39 is 35.6 Å².